The zero-order chi connectivity index (χ0) is 42.7. The number of hydrogen-bond acceptors (Lipinski definition) is 9. The summed E-state index contributed by atoms with van der Waals surface area (Å²) >= 11 is 0. The fourth-order valence-electron chi connectivity index (χ4n) is 8.54. The molecule has 4 aliphatic heterocycles. The average Bonchev–Trinajstić information content (AvgIpc) is 3.78. The van der Waals surface area contributed by atoms with Crippen molar-refractivity contribution in [3.8, 4) is 0 Å². The van der Waals surface area contributed by atoms with Crippen LogP contribution in [-0.2, 0) is 51.1 Å². The van der Waals surface area contributed by atoms with Crippen LogP contribution in [0.3, 0.4) is 0 Å². The maximum Gasteiger partial charge on any atom is 0.329 e. The zero-order valence-corrected chi connectivity index (χ0v) is 33.6. The summed E-state index contributed by atoms with van der Waals surface area (Å²) < 4.78 is 34.6. The van der Waals surface area contributed by atoms with E-state index in [4.69, 9.17) is 4.74 Å². The van der Waals surface area contributed by atoms with Gasteiger partial charge in [-0.1, -0.05) is 36.8 Å². The molecule has 17 heteroatoms. The Kier molecular flexibility index (Phi) is 13.3. The minimum absolute atomic E-state index is 0.0184. The smallest absolute Gasteiger partial charge is 0.329 e. The number of carbonyl (C=O) groups excluding carboxylic acids is 7. The van der Waals surface area contributed by atoms with Gasteiger partial charge in [0.2, 0.25) is 35.4 Å². The van der Waals surface area contributed by atoms with Crippen molar-refractivity contribution in [2.24, 2.45) is 5.92 Å². The van der Waals surface area contributed by atoms with E-state index in [1.54, 1.807) is 12.1 Å². The van der Waals surface area contributed by atoms with Crippen LogP contribution in [0.1, 0.15) is 69.6 Å². The Morgan fingerprint density at radius 3 is 2.22 bits per heavy atom. The molecule has 0 aromatic heterocycles. The van der Waals surface area contributed by atoms with E-state index < -0.39 is 108 Å². The number of cyclic esters (lactones) is 1. The number of benzene rings is 2. The Hall–Kier alpha value is -5.45. The van der Waals surface area contributed by atoms with E-state index in [1.165, 1.54) is 23.6 Å². The van der Waals surface area contributed by atoms with Crippen LogP contribution in [0.25, 0.3) is 0 Å². The molecule has 4 heterocycles. The number of aliphatic hydroxyl groups is 1. The number of piperidine rings is 1. The van der Waals surface area contributed by atoms with E-state index in [9.17, 15) is 47.4 Å². The number of nitrogens with zero attached hydrogens (tertiary/aromatic N) is 3. The maximum absolute atomic E-state index is 14.7. The molecule has 6 rings (SSSR count). The first kappa shape index (κ1) is 43.1. The summed E-state index contributed by atoms with van der Waals surface area (Å²) in [5, 5.41) is 18.8. The van der Waals surface area contributed by atoms with Gasteiger partial charge < -0.3 is 40.5 Å². The number of aliphatic hydroxyl groups excluding tert-OH is 1. The van der Waals surface area contributed by atoms with Crippen LogP contribution in [0.15, 0.2) is 42.5 Å². The lowest BCUT2D eigenvalue weighted by Gasteiger charge is -2.39. The molecule has 0 radical (unpaired) electrons. The first-order valence-electron chi connectivity index (χ1n) is 20.2. The number of amides is 6. The number of ether oxygens (including phenoxy) is 1. The van der Waals surface area contributed by atoms with Crippen molar-refractivity contribution in [3.63, 3.8) is 0 Å². The van der Waals surface area contributed by atoms with Gasteiger partial charge in [-0.25, -0.2) is 13.6 Å². The Morgan fingerprint density at radius 2 is 1.53 bits per heavy atom. The zero-order valence-electron chi connectivity index (χ0n) is 33.6. The highest BCUT2D eigenvalue weighted by Crippen LogP contribution is 2.29. The molecule has 4 saturated heterocycles. The van der Waals surface area contributed by atoms with Crippen LogP contribution < -0.4 is 16.0 Å². The third-order valence-corrected chi connectivity index (χ3v) is 11.6. The van der Waals surface area contributed by atoms with Gasteiger partial charge in [0, 0.05) is 38.5 Å². The largest absolute Gasteiger partial charge is 0.458 e. The van der Waals surface area contributed by atoms with Crippen LogP contribution in [0.2, 0.25) is 0 Å². The Balaban J connectivity index is 1.35. The normalized spacial score (nSPS) is 28.6. The van der Waals surface area contributed by atoms with E-state index in [-0.39, 0.29) is 50.4 Å². The fourth-order valence-corrected chi connectivity index (χ4v) is 8.54. The van der Waals surface area contributed by atoms with E-state index in [0.29, 0.717) is 30.9 Å². The molecule has 0 saturated carbocycles. The SMILES string of the molecule is Cc1ccc(CC(=O)N[C@@H](Cc2cc(F)cc(F)c2)C(=O)N[C@@H]2C(=O)N3C[C@H](O)C[C@H]3C(=O)N3CCCC[C@H]3C(=O)N[C@@H](C)C(=O)N3C[C@H](C)C[C@H]3C(=O)O[C@H]2C)cc1. The van der Waals surface area contributed by atoms with Crippen molar-refractivity contribution in [1.82, 2.24) is 30.7 Å². The van der Waals surface area contributed by atoms with Crippen LogP contribution >= 0.6 is 0 Å². The van der Waals surface area contributed by atoms with Crippen molar-refractivity contribution in [2.75, 3.05) is 19.6 Å². The van der Waals surface area contributed by atoms with E-state index in [1.807, 2.05) is 26.0 Å². The van der Waals surface area contributed by atoms with Gasteiger partial charge in [-0.2, -0.15) is 0 Å². The minimum Gasteiger partial charge on any atom is -0.458 e. The molecule has 0 bridgehead atoms. The fraction of sp³-hybridized carbons (Fsp3) is 0.548. The molecule has 2 aromatic carbocycles. The summed E-state index contributed by atoms with van der Waals surface area (Å²) in [4.78, 5) is 102. The van der Waals surface area contributed by atoms with Gasteiger partial charge in [0.25, 0.3) is 0 Å². The summed E-state index contributed by atoms with van der Waals surface area (Å²) in [5.74, 6) is -7.06. The van der Waals surface area contributed by atoms with Gasteiger partial charge >= 0.3 is 5.97 Å². The molecule has 4 aliphatic rings. The lowest BCUT2D eigenvalue weighted by atomic mass is 9.98. The van der Waals surface area contributed by atoms with Crippen LogP contribution in [-0.4, -0.2) is 129 Å². The number of aryl methyl sites for hydroxylation is 1. The highest BCUT2D eigenvalue weighted by Gasteiger charge is 2.49. The summed E-state index contributed by atoms with van der Waals surface area (Å²) in [6.45, 7) is 6.61. The lowest BCUT2D eigenvalue weighted by Crippen LogP contribution is -2.63. The van der Waals surface area contributed by atoms with Gasteiger partial charge in [-0.05, 0) is 75.6 Å². The summed E-state index contributed by atoms with van der Waals surface area (Å²) in [6, 6.07) is 2.13. The van der Waals surface area contributed by atoms with Gasteiger partial charge in [-0.15, -0.1) is 0 Å². The first-order chi connectivity index (χ1) is 28.0. The second-order valence-corrected chi connectivity index (χ2v) is 16.4. The third kappa shape index (κ3) is 10.1. The average molecular weight is 823 g/mol. The van der Waals surface area contributed by atoms with Crippen LogP contribution in [0.5, 0.6) is 0 Å². The number of fused-ring (bicyclic) bond motifs is 3. The van der Waals surface area contributed by atoms with Crippen molar-refractivity contribution in [3.05, 3.63) is 70.8 Å². The molecular weight excluding hydrogens is 770 g/mol. The maximum atomic E-state index is 14.7. The molecule has 0 unspecified atom stereocenters. The second-order valence-electron chi connectivity index (χ2n) is 16.4. The predicted octanol–water partition coefficient (Wildman–Crippen LogP) is 1.06. The third-order valence-electron chi connectivity index (χ3n) is 11.6. The monoisotopic (exact) mass is 822 g/mol. The second kappa shape index (κ2) is 18.2. The Labute approximate surface area is 341 Å². The standard InChI is InChI=1S/C42H52F2N6O9/c1-22-8-10-26(11-9-22)17-35(52)46-31(16-27-14-28(43)18-29(44)15-27)37(53)47-36-25(4)59-42(58)34-13-23(2)20-49(34)39(55)24(3)45-38(54)32-7-5-6-12-48(32)40(56)33-19-30(51)21-50(33)41(36)57/h8-11,14-15,18,23-25,30-34,36,51H,5-7,12-13,16-17,19-21H2,1-4H3,(H,45,54)(H,46,52)(H,47,53)/t23-,24+,25+,30-,31+,32+,33+,34+,36+/m1/s1. The molecular formula is C42H52F2N6O9. The van der Waals surface area contributed by atoms with Crippen molar-refractivity contribution in [1.29, 1.82) is 0 Å². The van der Waals surface area contributed by atoms with E-state index >= 15 is 0 Å². The molecule has 0 aliphatic carbocycles. The van der Waals surface area contributed by atoms with Gasteiger partial charge in [0.15, 0.2) is 0 Å². The Bertz CT molecular complexity index is 1950. The first-order valence-corrected chi connectivity index (χ1v) is 20.2. The molecule has 4 fully saturated rings. The van der Waals surface area contributed by atoms with Crippen molar-refractivity contribution >= 4 is 41.4 Å². The van der Waals surface area contributed by atoms with E-state index in [2.05, 4.69) is 16.0 Å². The molecule has 2 aromatic rings. The van der Waals surface area contributed by atoms with E-state index in [0.717, 1.165) is 22.6 Å². The highest BCUT2D eigenvalue weighted by molar-refractivity contribution is 5.98. The Morgan fingerprint density at radius 1 is 0.847 bits per heavy atom. The highest BCUT2D eigenvalue weighted by atomic mass is 19.1. The summed E-state index contributed by atoms with van der Waals surface area (Å²) in [6.07, 6.45) is -1.66. The summed E-state index contributed by atoms with van der Waals surface area (Å²) in [5.41, 5.74) is 1.60. The van der Waals surface area contributed by atoms with Crippen LogP contribution in [0, 0.1) is 24.5 Å². The lowest BCUT2D eigenvalue weighted by molar-refractivity contribution is -0.163. The molecule has 6 amide bonds. The molecule has 15 nitrogen and oxygen atoms in total. The molecule has 0 spiro atoms. The quantitative estimate of drug-likeness (QED) is 0.296. The number of esters is 1. The topological polar surface area (TPSA) is 195 Å². The van der Waals surface area contributed by atoms with Gasteiger partial charge in [0.05, 0.1) is 12.5 Å². The van der Waals surface area contributed by atoms with Crippen molar-refractivity contribution < 1.29 is 52.2 Å². The number of hydrogen-bond donors (Lipinski definition) is 4. The van der Waals surface area contributed by atoms with Gasteiger partial charge in [-0.3, -0.25) is 28.8 Å². The molecule has 9 atom stereocenters. The number of carbonyl (C=O) groups is 7. The van der Waals surface area contributed by atoms with Crippen molar-refractivity contribution in [2.45, 2.75) is 121 Å². The minimum atomic E-state index is -1.72. The number of rotatable bonds is 7. The molecule has 4 N–H and O–H groups in total. The van der Waals surface area contributed by atoms with Crippen LogP contribution in [0.4, 0.5) is 8.78 Å². The molecule has 318 valence electrons. The summed E-state index contributed by atoms with van der Waals surface area (Å²) in [7, 11) is 0. The molecule has 59 heavy (non-hydrogen) atoms. The van der Waals surface area contributed by atoms with Gasteiger partial charge in [0.1, 0.15) is 54.0 Å². The number of halogens is 2. The number of nitrogens with one attached hydrogen (secondary N) is 3. The predicted molar refractivity (Wildman–Crippen MR) is 207 cm³/mol.